The van der Waals surface area contributed by atoms with Gasteiger partial charge < -0.3 is 10.1 Å². The van der Waals surface area contributed by atoms with Crippen LogP contribution in [0.2, 0.25) is 0 Å². The maximum Gasteiger partial charge on any atom is 0.221 e. The first-order chi connectivity index (χ1) is 7.81. The first-order valence-electron chi connectivity index (χ1n) is 5.93. The molecule has 1 fully saturated rings. The maximum absolute atomic E-state index is 5.69. The van der Waals surface area contributed by atoms with Crippen LogP contribution in [0, 0.1) is 12.8 Å². The van der Waals surface area contributed by atoms with Crippen molar-refractivity contribution < 1.29 is 4.74 Å². The molecule has 4 heteroatoms. The van der Waals surface area contributed by atoms with Gasteiger partial charge in [0, 0.05) is 7.05 Å². The molecule has 88 valence electrons. The molecule has 1 N–H and O–H groups in total. The molecule has 1 saturated carbocycles. The molecule has 2 rings (SSSR count). The lowest BCUT2D eigenvalue weighted by atomic mass is 9.83. The van der Waals surface area contributed by atoms with Gasteiger partial charge in [-0.1, -0.05) is 19.3 Å². The zero-order valence-electron chi connectivity index (χ0n) is 9.99. The highest BCUT2D eigenvalue weighted by Gasteiger charge is 2.17. The van der Waals surface area contributed by atoms with Crippen molar-refractivity contribution in [3.8, 4) is 5.88 Å². The van der Waals surface area contributed by atoms with Crippen LogP contribution in [0.5, 0.6) is 5.88 Å². The molecule has 1 aliphatic rings. The molecular weight excluding hydrogens is 202 g/mol. The number of hydrogen-bond acceptors (Lipinski definition) is 4. The van der Waals surface area contributed by atoms with E-state index in [1.165, 1.54) is 25.6 Å². The summed E-state index contributed by atoms with van der Waals surface area (Å²) in [4.78, 5) is 8.28. The second-order valence-electron chi connectivity index (χ2n) is 4.34. The molecule has 4 nitrogen and oxygen atoms in total. The highest BCUT2D eigenvalue weighted by molar-refractivity contribution is 5.46. The van der Waals surface area contributed by atoms with Crippen LogP contribution in [0.1, 0.15) is 31.2 Å². The molecule has 0 aromatic carbocycles. The minimum atomic E-state index is 0.707. The zero-order valence-corrected chi connectivity index (χ0v) is 9.99. The minimum absolute atomic E-state index is 0.707. The monoisotopic (exact) mass is 221 g/mol. The van der Waals surface area contributed by atoms with Crippen LogP contribution >= 0.6 is 0 Å². The second-order valence-corrected chi connectivity index (χ2v) is 4.34. The van der Waals surface area contributed by atoms with Crippen LogP contribution < -0.4 is 10.1 Å². The third kappa shape index (κ3) is 2.43. The minimum Gasteiger partial charge on any atom is -0.477 e. The van der Waals surface area contributed by atoms with Crippen molar-refractivity contribution in [3.63, 3.8) is 0 Å². The summed E-state index contributed by atoms with van der Waals surface area (Å²) in [6.07, 6.45) is 6.82. The van der Waals surface area contributed by atoms with E-state index in [9.17, 15) is 0 Å². The summed E-state index contributed by atoms with van der Waals surface area (Å²) < 4.78 is 5.69. The summed E-state index contributed by atoms with van der Waals surface area (Å²) in [5, 5.41) is 3.03. The molecule has 1 aromatic rings. The van der Waals surface area contributed by atoms with E-state index < -0.39 is 0 Å². The SMILES string of the molecule is CNc1ncnc(OCCC2CCC2)c1C. The molecule has 0 spiro atoms. The van der Waals surface area contributed by atoms with Crippen molar-refractivity contribution >= 4 is 5.82 Å². The highest BCUT2D eigenvalue weighted by atomic mass is 16.5. The third-order valence-corrected chi connectivity index (χ3v) is 3.26. The van der Waals surface area contributed by atoms with Crippen molar-refractivity contribution in [1.82, 2.24) is 9.97 Å². The number of anilines is 1. The summed E-state index contributed by atoms with van der Waals surface area (Å²) in [6, 6.07) is 0. The summed E-state index contributed by atoms with van der Waals surface area (Å²) in [7, 11) is 1.85. The summed E-state index contributed by atoms with van der Waals surface area (Å²) in [5.41, 5.74) is 0.985. The lowest BCUT2D eigenvalue weighted by Gasteiger charge is -2.25. The molecule has 16 heavy (non-hydrogen) atoms. The molecule has 0 unspecified atom stereocenters. The Morgan fingerprint density at radius 2 is 2.25 bits per heavy atom. The molecule has 1 heterocycles. The Morgan fingerprint density at radius 1 is 1.44 bits per heavy atom. The largest absolute Gasteiger partial charge is 0.477 e. The number of nitrogens with zero attached hydrogens (tertiary/aromatic N) is 2. The Morgan fingerprint density at radius 3 is 2.88 bits per heavy atom. The van der Waals surface area contributed by atoms with E-state index in [0.717, 1.165) is 30.3 Å². The van der Waals surface area contributed by atoms with Gasteiger partial charge >= 0.3 is 0 Å². The smallest absolute Gasteiger partial charge is 0.221 e. The van der Waals surface area contributed by atoms with Gasteiger partial charge in [0.25, 0.3) is 0 Å². The zero-order chi connectivity index (χ0) is 11.4. The average Bonchev–Trinajstić information content (AvgIpc) is 2.24. The topological polar surface area (TPSA) is 47.0 Å². The van der Waals surface area contributed by atoms with Gasteiger partial charge in [0.1, 0.15) is 12.1 Å². The molecule has 0 saturated heterocycles. The van der Waals surface area contributed by atoms with Crippen molar-refractivity contribution in [2.45, 2.75) is 32.6 Å². The van der Waals surface area contributed by atoms with Gasteiger partial charge in [-0.25, -0.2) is 9.97 Å². The van der Waals surface area contributed by atoms with Gasteiger partial charge in [0.15, 0.2) is 0 Å². The summed E-state index contributed by atoms with van der Waals surface area (Å²) >= 11 is 0. The van der Waals surface area contributed by atoms with E-state index in [1.54, 1.807) is 0 Å². The predicted octanol–water partition coefficient (Wildman–Crippen LogP) is 2.40. The molecule has 1 aliphatic carbocycles. The van der Waals surface area contributed by atoms with Crippen molar-refractivity contribution in [2.75, 3.05) is 19.0 Å². The Hall–Kier alpha value is -1.32. The van der Waals surface area contributed by atoms with E-state index in [4.69, 9.17) is 4.74 Å². The van der Waals surface area contributed by atoms with E-state index in [2.05, 4.69) is 15.3 Å². The van der Waals surface area contributed by atoms with Crippen LogP contribution in [-0.2, 0) is 0 Å². The molecule has 0 bridgehead atoms. The van der Waals surface area contributed by atoms with E-state index in [0.29, 0.717) is 5.88 Å². The second kappa shape index (κ2) is 5.14. The fraction of sp³-hybridized carbons (Fsp3) is 0.667. The van der Waals surface area contributed by atoms with Gasteiger partial charge in [-0.05, 0) is 19.3 Å². The van der Waals surface area contributed by atoms with Gasteiger partial charge in [-0.2, -0.15) is 0 Å². The Kier molecular flexibility index (Phi) is 3.59. The van der Waals surface area contributed by atoms with Crippen LogP contribution in [0.4, 0.5) is 5.82 Å². The quantitative estimate of drug-likeness (QED) is 0.829. The fourth-order valence-corrected chi connectivity index (χ4v) is 1.94. The molecule has 1 aromatic heterocycles. The van der Waals surface area contributed by atoms with Crippen LogP contribution in [-0.4, -0.2) is 23.6 Å². The first-order valence-corrected chi connectivity index (χ1v) is 5.93. The van der Waals surface area contributed by atoms with E-state index in [1.807, 2.05) is 14.0 Å². The van der Waals surface area contributed by atoms with E-state index >= 15 is 0 Å². The summed E-state index contributed by atoms with van der Waals surface area (Å²) in [6.45, 7) is 2.75. The normalized spacial score (nSPS) is 15.6. The molecule has 0 aliphatic heterocycles. The van der Waals surface area contributed by atoms with Gasteiger partial charge in [0.2, 0.25) is 5.88 Å². The number of hydrogen-bond donors (Lipinski definition) is 1. The number of rotatable bonds is 5. The molecule has 0 atom stereocenters. The number of nitrogens with one attached hydrogen (secondary N) is 1. The van der Waals surface area contributed by atoms with Crippen molar-refractivity contribution in [3.05, 3.63) is 11.9 Å². The third-order valence-electron chi connectivity index (χ3n) is 3.26. The van der Waals surface area contributed by atoms with Crippen LogP contribution in [0.25, 0.3) is 0 Å². The summed E-state index contributed by atoms with van der Waals surface area (Å²) in [5.74, 6) is 2.43. The Labute approximate surface area is 96.4 Å². The van der Waals surface area contributed by atoms with Gasteiger partial charge in [0.05, 0.1) is 12.2 Å². The first kappa shape index (κ1) is 11.2. The molecule has 0 amide bonds. The Bertz CT molecular complexity index is 350. The lowest BCUT2D eigenvalue weighted by molar-refractivity contribution is 0.216. The Balaban J connectivity index is 1.87. The van der Waals surface area contributed by atoms with Crippen molar-refractivity contribution in [2.24, 2.45) is 5.92 Å². The van der Waals surface area contributed by atoms with Gasteiger partial charge in [-0.3, -0.25) is 0 Å². The van der Waals surface area contributed by atoms with Crippen LogP contribution in [0.3, 0.4) is 0 Å². The lowest BCUT2D eigenvalue weighted by Crippen LogP contribution is -2.15. The number of ether oxygens (including phenoxy) is 1. The van der Waals surface area contributed by atoms with Crippen LogP contribution in [0.15, 0.2) is 6.33 Å². The van der Waals surface area contributed by atoms with E-state index in [-0.39, 0.29) is 0 Å². The molecular formula is C12H19N3O. The predicted molar refractivity (Wildman–Crippen MR) is 63.8 cm³/mol. The fourth-order valence-electron chi connectivity index (χ4n) is 1.94. The standard InChI is InChI=1S/C12H19N3O/c1-9-11(13-2)14-8-15-12(9)16-7-6-10-4-3-5-10/h8,10H,3-7H2,1-2H3,(H,13,14,15). The number of aromatic nitrogens is 2. The van der Waals surface area contributed by atoms with Crippen molar-refractivity contribution in [1.29, 1.82) is 0 Å². The molecule has 0 radical (unpaired) electrons. The highest BCUT2D eigenvalue weighted by Crippen LogP contribution is 2.29. The maximum atomic E-state index is 5.69. The average molecular weight is 221 g/mol. The van der Waals surface area contributed by atoms with Gasteiger partial charge in [-0.15, -0.1) is 0 Å².